The third kappa shape index (κ3) is 3.09. The van der Waals surface area contributed by atoms with E-state index in [2.05, 4.69) is 26.0 Å². The van der Waals surface area contributed by atoms with Gasteiger partial charge in [0.25, 0.3) is 5.56 Å². The number of hydrogen-bond donors (Lipinski definition) is 1. The Morgan fingerprint density at radius 3 is 2.52 bits per heavy atom. The van der Waals surface area contributed by atoms with Gasteiger partial charge in [0.2, 0.25) is 0 Å². The molecule has 23 heavy (non-hydrogen) atoms. The Morgan fingerprint density at radius 1 is 1.26 bits per heavy atom. The quantitative estimate of drug-likeness (QED) is 0.711. The minimum Gasteiger partial charge on any atom is -0.396 e. The molecule has 0 aliphatic rings. The second kappa shape index (κ2) is 6.29. The number of aromatic nitrogens is 4. The van der Waals surface area contributed by atoms with Crippen LogP contribution in [0, 0.1) is 0 Å². The van der Waals surface area contributed by atoms with Gasteiger partial charge in [-0.15, -0.1) is 0 Å². The highest BCUT2D eigenvalue weighted by molar-refractivity contribution is 5.69. The maximum absolute atomic E-state index is 12.4. The van der Waals surface area contributed by atoms with Crippen molar-refractivity contribution in [3.63, 3.8) is 0 Å². The fourth-order valence-corrected chi connectivity index (χ4v) is 2.74. The molecule has 0 bridgehead atoms. The van der Waals surface area contributed by atoms with Crippen molar-refractivity contribution in [2.45, 2.75) is 25.9 Å². The van der Waals surface area contributed by atoms with Gasteiger partial charge in [-0.3, -0.25) is 13.9 Å². The fraction of sp³-hybridized carbons (Fsp3) is 0.667. The van der Waals surface area contributed by atoms with Crippen LogP contribution in [-0.2, 0) is 20.6 Å². The number of rotatable bonds is 6. The third-order valence-electron chi connectivity index (χ3n) is 4.76. The number of likely N-dealkylation sites (N-methyl/N-ethyl adjacent to an activating group) is 1. The zero-order valence-corrected chi connectivity index (χ0v) is 14.5. The van der Waals surface area contributed by atoms with Crippen LogP contribution in [-0.4, -0.2) is 61.6 Å². The first kappa shape index (κ1) is 17.4. The molecular formula is C15H26N5O3+. The molecular weight excluding hydrogens is 298 g/mol. The molecule has 2 rings (SSSR count). The molecule has 8 heteroatoms. The number of hydrogen-bond acceptors (Lipinski definition) is 4. The minimum atomic E-state index is -0.375. The molecule has 0 saturated heterocycles. The van der Waals surface area contributed by atoms with Crippen LogP contribution >= 0.6 is 0 Å². The van der Waals surface area contributed by atoms with Crippen molar-refractivity contribution < 1.29 is 9.59 Å². The van der Waals surface area contributed by atoms with E-state index < -0.39 is 0 Å². The molecule has 1 N–H and O–H groups in total. The molecule has 0 spiro atoms. The normalized spacial score (nSPS) is 13.7. The molecule has 0 amide bonds. The van der Waals surface area contributed by atoms with Crippen LogP contribution in [0.4, 0.5) is 0 Å². The third-order valence-corrected chi connectivity index (χ3v) is 4.76. The van der Waals surface area contributed by atoms with Crippen molar-refractivity contribution in [3.05, 3.63) is 27.2 Å². The lowest BCUT2D eigenvalue weighted by atomic mass is 10.2. The van der Waals surface area contributed by atoms with Gasteiger partial charge in [-0.1, -0.05) is 0 Å². The predicted octanol–water partition coefficient (Wildman–Crippen LogP) is -0.719. The van der Waals surface area contributed by atoms with Gasteiger partial charge in [0.1, 0.15) is 6.04 Å². The predicted molar refractivity (Wildman–Crippen MR) is 88.4 cm³/mol. The minimum absolute atomic E-state index is 0.172. The lowest BCUT2D eigenvalue weighted by molar-refractivity contribution is -0.914. The second-order valence-electron chi connectivity index (χ2n) is 6.70. The first-order valence-corrected chi connectivity index (χ1v) is 7.75. The summed E-state index contributed by atoms with van der Waals surface area (Å²) in [4.78, 5) is 28.6. The van der Waals surface area contributed by atoms with Crippen molar-refractivity contribution in [3.8, 4) is 0 Å². The van der Waals surface area contributed by atoms with E-state index in [0.29, 0.717) is 17.7 Å². The van der Waals surface area contributed by atoms with Crippen LogP contribution in [0.3, 0.4) is 0 Å². The van der Waals surface area contributed by atoms with Gasteiger partial charge < -0.3 is 14.2 Å². The molecule has 2 aromatic rings. The molecule has 8 nitrogen and oxygen atoms in total. The molecule has 128 valence electrons. The number of fused-ring (bicyclic) bond motifs is 1. The number of quaternary nitrogens is 1. The average Bonchev–Trinajstić information content (AvgIpc) is 2.92. The van der Waals surface area contributed by atoms with Crippen LogP contribution in [0.1, 0.15) is 13.3 Å². The number of nitrogens with zero attached hydrogens (tertiary/aromatic N) is 5. The first-order chi connectivity index (χ1) is 10.7. The summed E-state index contributed by atoms with van der Waals surface area (Å²) in [5.41, 5.74) is 0.155. The van der Waals surface area contributed by atoms with Crippen molar-refractivity contribution in [1.82, 2.24) is 18.7 Å². The van der Waals surface area contributed by atoms with E-state index in [9.17, 15) is 9.59 Å². The summed E-state index contributed by atoms with van der Waals surface area (Å²) in [6, 6.07) is 0.223. The fourth-order valence-electron chi connectivity index (χ4n) is 2.74. The van der Waals surface area contributed by atoms with E-state index in [4.69, 9.17) is 5.11 Å². The van der Waals surface area contributed by atoms with E-state index >= 15 is 0 Å². The van der Waals surface area contributed by atoms with Crippen molar-refractivity contribution in [1.29, 1.82) is 0 Å². The Kier molecular flexibility index (Phi) is 4.76. The Bertz CT molecular complexity index is 815. The number of aliphatic hydroxyl groups is 1. The summed E-state index contributed by atoms with van der Waals surface area (Å²) in [6.45, 7) is 3.74. The zero-order chi connectivity index (χ0) is 17.4. The Morgan fingerprint density at radius 2 is 1.91 bits per heavy atom. The zero-order valence-electron chi connectivity index (χ0n) is 14.5. The number of imidazole rings is 1. The van der Waals surface area contributed by atoms with Gasteiger partial charge in [-0.25, -0.2) is 9.78 Å². The lowest BCUT2D eigenvalue weighted by Gasteiger charge is -2.36. The highest BCUT2D eigenvalue weighted by atomic mass is 16.3. The summed E-state index contributed by atoms with van der Waals surface area (Å²) in [5, 5.41) is 9.03. The number of aryl methyl sites for hydroxylation is 1. The van der Waals surface area contributed by atoms with Gasteiger partial charge in [0.05, 0.1) is 33.5 Å². The Labute approximate surface area is 134 Å². The molecule has 2 heterocycles. The van der Waals surface area contributed by atoms with Gasteiger partial charge in [-0.05, 0) is 6.92 Å². The molecule has 0 aliphatic carbocycles. The summed E-state index contributed by atoms with van der Waals surface area (Å²) in [6.07, 6.45) is 2.35. The molecule has 0 aliphatic heterocycles. The first-order valence-electron chi connectivity index (χ1n) is 7.75. The summed E-state index contributed by atoms with van der Waals surface area (Å²) in [5.74, 6) is 0. The molecule has 1 atom stereocenters. The molecule has 1 unspecified atom stereocenters. The van der Waals surface area contributed by atoms with Gasteiger partial charge >= 0.3 is 5.69 Å². The van der Waals surface area contributed by atoms with Gasteiger partial charge in [0, 0.05) is 27.1 Å². The maximum Gasteiger partial charge on any atom is 0.332 e. The summed E-state index contributed by atoms with van der Waals surface area (Å²) in [7, 11) is 7.30. The van der Waals surface area contributed by atoms with Crippen molar-refractivity contribution in [2.24, 2.45) is 14.1 Å². The highest BCUT2D eigenvalue weighted by Crippen LogP contribution is 2.13. The van der Waals surface area contributed by atoms with Crippen molar-refractivity contribution >= 4 is 11.2 Å². The van der Waals surface area contributed by atoms with E-state index in [1.165, 1.54) is 11.6 Å². The average molecular weight is 324 g/mol. The molecule has 2 aromatic heterocycles. The summed E-state index contributed by atoms with van der Waals surface area (Å²) >= 11 is 0. The Balaban J connectivity index is 2.43. The lowest BCUT2D eigenvalue weighted by Crippen LogP contribution is -2.50. The summed E-state index contributed by atoms with van der Waals surface area (Å²) < 4.78 is 5.05. The van der Waals surface area contributed by atoms with Gasteiger partial charge in [0.15, 0.2) is 11.2 Å². The van der Waals surface area contributed by atoms with E-state index in [-0.39, 0.29) is 23.9 Å². The maximum atomic E-state index is 12.4. The topological polar surface area (TPSA) is 82.0 Å². The number of aliphatic hydroxyl groups excluding tert-OH is 1. The highest BCUT2D eigenvalue weighted by Gasteiger charge is 2.25. The molecule has 0 aromatic carbocycles. The van der Waals surface area contributed by atoms with E-state index in [1.54, 1.807) is 13.4 Å². The van der Waals surface area contributed by atoms with Gasteiger partial charge in [-0.2, -0.15) is 0 Å². The van der Waals surface area contributed by atoms with Crippen LogP contribution in [0.2, 0.25) is 0 Å². The molecule has 0 radical (unpaired) electrons. The monoisotopic (exact) mass is 324 g/mol. The SMILES string of the molecule is CC(Cn1cnc2c1c(=O)n(C)c(=O)n2C)[N+](C)(C)CCCO. The van der Waals surface area contributed by atoms with Crippen LogP contribution in [0.15, 0.2) is 15.9 Å². The second-order valence-corrected chi connectivity index (χ2v) is 6.70. The smallest absolute Gasteiger partial charge is 0.332 e. The van der Waals surface area contributed by atoms with Crippen LogP contribution in [0.25, 0.3) is 11.2 Å². The standard InChI is InChI=1S/C15H26N5O3/c1-11(20(4,5)7-6-8-21)9-19-10-16-13-12(19)14(22)18(3)15(23)17(13)2/h10-11,21H,6-9H2,1-5H3/q+1. The van der Waals surface area contributed by atoms with E-state index in [1.807, 2.05) is 4.57 Å². The van der Waals surface area contributed by atoms with Crippen LogP contribution in [0.5, 0.6) is 0 Å². The Hall–Kier alpha value is -1.93. The molecule has 0 saturated carbocycles. The van der Waals surface area contributed by atoms with Crippen LogP contribution < -0.4 is 11.2 Å². The van der Waals surface area contributed by atoms with E-state index in [0.717, 1.165) is 22.0 Å². The van der Waals surface area contributed by atoms with Crippen molar-refractivity contribution in [2.75, 3.05) is 27.2 Å². The molecule has 0 fully saturated rings. The largest absolute Gasteiger partial charge is 0.396 e.